The van der Waals surface area contributed by atoms with E-state index in [9.17, 15) is 0 Å². The van der Waals surface area contributed by atoms with E-state index in [0.29, 0.717) is 0 Å². The molecule has 0 amide bonds. The predicted octanol–water partition coefficient (Wildman–Crippen LogP) is 4.98. The van der Waals surface area contributed by atoms with Crippen LogP contribution in [-0.2, 0) is 5.41 Å². The normalized spacial score (nSPS) is 18.2. The Labute approximate surface area is 139 Å². The standard InChI is InChI=1S/C21H28N2/c1-15(2)16-11-13-21(14-12-16,17-3-7-19(22)8-4-17)18-5-9-20(23)10-6-18/h3-10,15-16H,11-14,22-23H2,1-2H3. The van der Waals surface area contributed by atoms with Gasteiger partial charge in [-0.05, 0) is 72.9 Å². The number of hydrogen-bond acceptors (Lipinski definition) is 2. The van der Waals surface area contributed by atoms with Crippen LogP contribution in [0.5, 0.6) is 0 Å². The van der Waals surface area contributed by atoms with Gasteiger partial charge in [-0.1, -0.05) is 38.1 Å². The van der Waals surface area contributed by atoms with Gasteiger partial charge in [0.15, 0.2) is 0 Å². The molecule has 0 bridgehead atoms. The van der Waals surface area contributed by atoms with Gasteiger partial charge in [-0.25, -0.2) is 0 Å². The van der Waals surface area contributed by atoms with Crippen LogP contribution in [0.1, 0.15) is 50.7 Å². The monoisotopic (exact) mass is 308 g/mol. The maximum absolute atomic E-state index is 5.90. The number of anilines is 2. The molecule has 1 aliphatic rings. The van der Waals surface area contributed by atoms with Crippen LogP contribution in [0.15, 0.2) is 48.5 Å². The molecule has 2 aromatic carbocycles. The molecule has 23 heavy (non-hydrogen) atoms. The molecule has 2 nitrogen and oxygen atoms in total. The molecule has 2 aromatic rings. The van der Waals surface area contributed by atoms with Crippen molar-refractivity contribution in [2.24, 2.45) is 11.8 Å². The van der Waals surface area contributed by atoms with E-state index >= 15 is 0 Å². The summed E-state index contributed by atoms with van der Waals surface area (Å²) in [5, 5.41) is 0. The Balaban J connectivity index is 2.00. The highest BCUT2D eigenvalue weighted by molar-refractivity contribution is 5.49. The minimum absolute atomic E-state index is 0.104. The Hall–Kier alpha value is -1.96. The lowest BCUT2D eigenvalue weighted by Crippen LogP contribution is -2.34. The van der Waals surface area contributed by atoms with Gasteiger partial charge >= 0.3 is 0 Å². The summed E-state index contributed by atoms with van der Waals surface area (Å²) in [6.07, 6.45) is 4.96. The first-order valence-corrected chi connectivity index (χ1v) is 8.73. The average molecular weight is 308 g/mol. The molecule has 4 N–H and O–H groups in total. The Morgan fingerprint density at radius 3 is 1.52 bits per heavy atom. The van der Waals surface area contributed by atoms with Crippen LogP contribution < -0.4 is 11.5 Å². The van der Waals surface area contributed by atoms with E-state index in [1.54, 1.807) is 0 Å². The van der Waals surface area contributed by atoms with Crippen molar-refractivity contribution in [3.63, 3.8) is 0 Å². The third kappa shape index (κ3) is 3.08. The van der Waals surface area contributed by atoms with Crippen LogP contribution in [0.3, 0.4) is 0 Å². The fourth-order valence-corrected chi connectivity index (χ4v) is 4.15. The van der Waals surface area contributed by atoms with Crippen LogP contribution in [0.25, 0.3) is 0 Å². The summed E-state index contributed by atoms with van der Waals surface area (Å²) in [7, 11) is 0. The van der Waals surface area contributed by atoms with Crippen molar-refractivity contribution in [1.29, 1.82) is 0 Å². The minimum Gasteiger partial charge on any atom is -0.399 e. The molecule has 0 unspecified atom stereocenters. The Morgan fingerprint density at radius 1 is 0.783 bits per heavy atom. The van der Waals surface area contributed by atoms with Gasteiger partial charge < -0.3 is 11.5 Å². The second-order valence-corrected chi connectivity index (χ2v) is 7.41. The van der Waals surface area contributed by atoms with Gasteiger partial charge in [-0.3, -0.25) is 0 Å². The molecule has 0 spiro atoms. The van der Waals surface area contributed by atoms with E-state index in [0.717, 1.165) is 23.2 Å². The summed E-state index contributed by atoms with van der Waals surface area (Å²) in [4.78, 5) is 0. The number of hydrogen-bond donors (Lipinski definition) is 2. The molecule has 1 aliphatic carbocycles. The van der Waals surface area contributed by atoms with Gasteiger partial charge in [-0.2, -0.15) is 0 Å². The van der Waals surface area contributed by atoms with Crippen LogP contribution in [0.2, 0.25) is 0 Å². The number of nitrogens with two attached hydrogens (primary N) is 2. The number of rotatable bonds is 3. The third-order valence-corrected chi connectivity index (χ3v) is 5.75. The van der Waals surface area contributed by atoms with Crippen molar-refractivity contribution in [2.75, 3.05) is 11.5 Å². The van der Waals surface area contributed by atoms with E-state index in [4.69, 9.17) is 11.5 Å². The minimum atomic E-state index is 0.104. The predicted molar refractivity (Wildman–Crippen MR) is 99.3 cm³/mol. The van der Waals surface area contributed by atoms with Gasteiger partial charge in [0.1, 0.15) is 0 Å². The van der Waals surface area contributed by atoms with Gasteiger partial charge in [0.05, 0.1) is 0 Å². The van der Waals surface area contributed by atoms with E-state index in [1.165, 1.54) is 36.8 Å². The molecule has 1 fully saturated rings. The van der Waals surface area contributed by atoms with E-state index in [2.05, 4.69) is 38.1 Å². The lowest BCUT2D eigenvalue weighted by atomic mass is 9.61. The molecule has 122 valence electrons. The summed E-state index contributed by atoms with van der Waals surface area (Å²) in [6.45, 7) is 4.70. The topological polar surface area (TPSA) is 52.0 Å². The molecule has 0 atom stereocenters. The summed E-state index contributed by atoms with van der Waals surface area (Å²) >= 11 is 0. The van der Waals surface area contributed by atoms with Crippen LogP contribution in [-0.4, -0.2) is 0 Å². The number of benzene rings is 2. The largest absolute Gasteiger partial charge is 0.399 e. The highest BCUT2D eigenvalue weighted by Gasteiger charge is 2.38. The first-order valence-electron chi connectivity index (χ1n) is 8.73. The van der Waals surface area contributed by atoms with Crippen molar-refractivity contribution in [1.82, 2.24) is 0 Å². The van der Waals surface area contributed by atoms with Gasteiger partial charge in [0.25, 0.3) is 0 Å². The van der Waals surface area contributed by atoms with Crippen molar-refractivity contribution >= 4 is 11.4 Å². The smallest absolute Gasteiger partial charge is 0.0314 e. The molecule has 0 radical (unpaired) electrons. The summed E-state index contributed by atoms with van der Waals surface area (Å²) in [5.74, 6) is 1.61. The molecule has 1 saturated carbocycles. The lowest BCUT2D eigenvalue weighted by Gasteiger charge is -2.42. The lowest BCUT2D eigenvalue weighted by molar-refractivity contribution is 0.217. The van der Waals surface area contributed by atoms with E-state index in [-0.39, 0.29) is 5.41 Å². The molecule has 3 rings (SSSR count). The molecule has 0 aliphatic heterocycles. The third-order valence-electron chi connectivity index (χ3n) is 5.75. The van der Waals surface area contributed by atoms with Gasteiger partial charge in [-0.15, -0.1) is 0 Å². The van der Waals surface area contributed by atoms with Crippen LogP contribution in [0.4, 0.5) is 11.4 Å². The zero-order valence-corrected chi connectivity index (χ0v) is 14.3. The summed E-state index contributed by atoms with van der Waals surface area (Å²) in [6, 6.07) is 17.0. The van der Waals surface area contributed by atoms with Gasteiger partial charge in [0.2, 0.25) is 0 Å². The van der Waals surface area contributed by atoms with Gasteiger partial charge in [0, 0.05) is 16.8 Å². The zero-order valence-electron chi connectivity index (χ0n) is 14.3. The second-order valence-electron chi connectivity index (χ2n) is 7.41. The van der Waals surface area contributed by atoms with E-state index in [1.807, 2.05) is 24.3 Å². The summed E-state index contributed by atoms with van der Waals surface area (Å²) in [5.41, 5.74) is 16.3. The molecule has 0 aromatic heterocycles. The first-order chi connectivity index (χ1) is 11.0. The SMILES string of the molecule is CC(C)C1CCC(c2ccc(N)cc2)(c2ccc(N)cc2)CC1. The molecule has 0 heterocycles. The molecular formula is C21H28N2. The maximum Gasteiger partial charge on any atom is 0.0314 e. The molecule has 2 heteroatoms. The fourth-order valence-electron chi connectivity index (χ4n) is 4.15. The molecular weight excluding hydrogens is 280 g/mol. The van der Waals surface area contributed by atoms with E-state index < -0.39 is 0 Å². The Bertz CT molecular complexity index is 585. The molecule has 0 saturated heterocycles. The van der Waals surface area contributed by atoms with Crippen molar-refractivity contribution in [3.05, 3.63) is 59.7 Å². The van der Waals surface area contributed by atoms with Crippen LogP contribution >= 0.6 is 0 Å². The summed E-state index contributed by atoms with van der Waals surface area (Å²) < 4.78 is 0. The quantitative estimate of drug-likeness (QED) is 0.785. The Morgan fingerprint density at radius 2 is 1.17 bits per heavy atom. The van der Waals surface area contributed by atoms with Crippen molar-refractivity contribution in [2.45, 2.75) is 44.9 Å². The van der Waals surface area contributed by atoms with Crippen LogP contribution in [0, 0.1) is 11.8 Å². The first kappa shape index (κ1) is 15.9. The Kier molecular flexibility index (Phi) is 4.34. The highest BCUT2D eigenvalue weighted by atomic mass is 14.5. The zero-order chi connectivity index (χ0) is 16.4. The highest BCUT2D eigenvalue weighted by Crippen LogP contribution is 2.48. The van der Waals surface area contributed by atoms with Crippen molar-refractivity contribution < 1.29 is 0 Å². The average Bonchev–Trinajstić information content (AvgIpc) is 2.56. The second kappa shape index (κ2) is 6.27. The fraction of sp³-hybridized carbons (Fsp3) is 0.429. The number of nitrogen functional groups attached to an aromatic ring is 2. The van der Waals surface area contributed by atoms with Crippen molar-refractivity contribution in [3.8, 4) is 0 Å². The maximum atomic E-state index is 5.90.